The second-order valence-corrected chi connectivity index (χ2v) is 6.60. The molecule has 2 nitrogen and oxygen atoms in total. The fraction of sp³-hybridized carbons (Fsp3) is 0.667. The van der Waals surface area contributed by atoms with Gasteiger partial charge in [-0.2, -0.15) is 0 Å². The van der Waals surface area contributed by atoms with Crippen LogP contribution >= 0.6 is 11.6 Å². The van der Waals surface area contributed by atoms with Crippen molar-refractivity contribution in [1.82, 2.24) is 5.32 Å². The van der Waals surface area contributed by atoms with Gasteiger partial charge < -0.3 is 10.1 Å². The number of benzene rings is 1. The van der Waals surface area contributed by atoms with Gasteiger partial charge in [-0.05, 0) is 49.8 Å². The predicted octanol–water partition coefficient (Wildman–Crippen LogP) is 4.81. The van der Waals surface area contributed by atoms with Gasteiger partial charge in [0.25, 0.3) is 0 Å². The van der Waals surface area contributed by atoms with Crippen molar-refractivity contribution in [2.24, 2.45) is 5.92 Å². The smallest absolute Gasteiger partial charge is 0.0811 e. The molecule has 1 aliphatic carbocycles. The van der Waals surface area contributed by atoms with E-state index in [0.29, 0.717) is 6.61 Å². The van der Waals surface area contributed by atoms with Crippen molar-refractivity contribution < 1.29 is 4.74 Å². The Labute approximate surface area is 134 Å². The molecule has 1 fully saturated rings. The Bertz CT molecular complexity index is 427. The highest BCUT2D eigenvalue weighted by Gasteiger charge is 2.35. The van der Waals surface area contributed by atoms with Crippen molar-refractivity contribution in [3.63, 3.8) is 0 Å². The third-order valence-electron chi connectivity index (χ3n) is 4.78. The average Bonchev–Trinajstić information content (AvgIpc) is 2.53. The summed E-state index contributed by atoms with van der Waals surface area (Å²) in [6.07, 6.45) is 6.17. The summed E-state index contributed by atoms with van der Waals surface area (Å²) >= 11 is 6.24. The lowest BCUT2D eigenvalue weighted by Crippen LogP contribution is -2.45. The summed E-state index contributed by atoms with van der Waals surface area (Å²) in [6, 6.07) is 7.98. The molecule has 1 N–H and O–H groups in total. The van der Waals surface area contributed by atoms with E-state index in [1.54, 1.807) is 0 Å². The van der Waals surface area contributed by atoms with Crippen LogP contribution in [0.3, 0.4) is 0 Å². The summed E-state index contributed by atoms with van der Waals surface area (Å²) in [5.41, 5.74) is 1.08. The Morgan fingerprint density at radius 1 is 1.24 bits per heavy atom. The lowest BCUT2D eigenvalue weighted by Gasteiger charge is -2.40. The zero-order valence-electron chi connectivity index (χ0n) is 13.3. The summed E-state index contributed by atoms with van der Waals surface area (Å²) in [5.74, 6) is 0.878. The molecule has 0 saturated heterocycles. The molecule has 2 rings (SSSR count). The van der Waals surface area contributed by atoms with Crippen LogP contribution in [0.5, 0.6) is 0 Å². The van der Waals surface area contributed by atoms with Crippen molar-refractivity contribution in [2.75, 3.05) is 13.1 Å². The standard InChI is InChI=1S/C18H28ClNO/c1-3-15-9-11-18(12-10-15,14-20-4-2)21-13-16-7-5-6-8-17(16)19/h5-8,15,20H,3-4,9-14H2,1-2H3. The molecule has 21 heavy (non-hydrogen) atoms. The van der Waals surface area contributed by atoms with Crippen molar-refractivity contribution >= 4 is 11.6 Å². The number of ether oxygens (including phenoxy) is 1. The average molecular weight is 310 g/mol. The Hall–Kier alpha value is -0.570. The van der Waals surface area contributed by atoms with Crippen LogP contribution in [0.15, 0.2) is 24.3 Å². The minimum atomic E-state index is -0.0130. The molecule has 0 radical (unpaired) electrons. The highest BCUT2D eigenvalue weighted by molar-refractivity contribution is 6.31. The first-order valence-corrected chi connectivity index (χ1v) is 8.65. The molecule has 118 valence electrons. The van der Waals surface area contributed by atoms with Crippen LogP contribution in [-0.4, -0.2) is 18.7 Å². The molecule has 0 heterocycles. The van der Waals surface area contributed by atoms with Crippen molar-refractivity contribution in [2.45, 2.75) is 58.2 Å². The molecule has 0 bridgehead atoms. The minimum absolute atomic E-state index is 0.0130. The first kappa shape index (κ1) is 16.8. The van der Waals surface area contributed by atoms with E-state index < -0.39 is 0 Å². The number of halogens is 1. The van der Waals surface area contributed by atoms with Crippen LogP contribution in [0.1, 0.15) is 51.5 Å². The highest BCUT2D eigenvalue weighted by atomic mass is 35.5. The van der Waals surface area contributed by atoms with Gasteiger partial charge in [-0.15, -0.1) is 0 Å². The van der Waals surface area contributed by atoms with Gasteiger partial charge in [-0.3, -0.25) is 0 Å². The van der Waals surface area contributed by atoms with Gasteiger partial charge in [-0.25, -0.2) is 0 Å². The first-order valence-electron chi connectivity index (χ1n) is 8.27. The monoisotopic (exact) mass is 309 g/mol. The second kappa shape index (κ2) is 8.17. The Morgan fingerprint density at radius 3 is 2.57 bits per heavy atom. The fourth-order valence-electron chi connectivity index (χ4n) is 3.18. The van der Waals surface area contributed by atoms with E-state index in [1.165, 1.54) is 19.3 Å². The molecule has 1 aliphatic rings. The summed E-state index contributed by atoms with van der Waals surface area (Å²) in [5, 5.41) is 4.29. The van der Waals surface area contributed by atoms with Crippen LogP contribution in [0.4, 0.5) is 0 Å². The van der Waals surface area contributed by atoms with Crippen LogP contribution in [0, 0.1) is 5.92 Å². The third kappa shape index (κ3) is 4.70. The molecular weight excluding hydrogens is 282 g/mol. The van der Waals surface area contributed by atoms with E-state index in [0.717, 1.165) is 42.4 Å². The van der Waals surface area contributed by atoms with Gasteiger partial charge in [0.15, 0.2) is 0 Å². The SMILES string of the molecule is CCNCC1(OCc2ccccc2Cl)CCC(CC)CC1. The molecular formula is C18H28ClNO. The van der Waals surface area contributed by atoms with Crippen molar-refractivity contribution in [3.8, 4) is 0 Å². The summed E-state index contributed by atoms with van der Waals surface area (Å²) < 4.78 is 6.39. The molecule has 1 aromatic rings. The zero-order valence-corrected chi connectivity index (χ0v) is 14.1. The van der Waals surface area contributed by atoms with Gasteiger partial charge in [0.05, 0.1) is 12.2 Å². The van der Waals surface area contributed by atoms with E-state index in [9.17, 15) is 0 Å². The lowest BCUT2D eigenvalue weighted by atomic mass is 9.77. The molecule has 1 aromatic carbocycles. The lowest BCUT2D eigenvalue weighted by molar-refractivity contribution is -0.0860. The first-order chi connectivity index (χ1) is 10.2. The topological polar surface area (TPSA) is 21.3 Å². The van der Waals surface area contributed by atoms with Crippen LogP contribution in [0.2, 0.25) is 5.02 Å². The maximum absolute atomic E-state index is 6.39. The number of rotatable bonds is 7. The third-order valence-corrected chi connectivity index (χ3v) is 5.15. The van der Waals surface area contributed by atoms with E-state index in [1.807, 2.05) is 18.2 Å². The Morgan fingerprint density at radius 2 is 1.95 bits per heavy atom. The molecule has 0 unspecified atom stereocenters. The quantitative estimate of drug-likeness (QED) is 0.780. The molecule has 3 heteroatoms. The van der Waals surface area contributed by atoms with Gasteiger partial charge in [-0.1, -0.05) is 50.1 Å². The molecule has 1 saturated carbocycles. The molecule has 0 atom stereocenters. The maximum Gasteiger partial charge on any atom is 0.0811 e. The zero-order chi connectivity index (χ0) is 15.1. The molecule has 0 spiro atoms. The summed E-state index contributed by atoms with van der Waals surface area (Å²) in [4.78, 5) is 0. The van der Waals surface area contributed by atoms with E-state index in [4.69, 9.17) is 16.3 Å². The summed E-state index contributed by atoms with van der Waals surface area (Å²) in [6.45, 7) is 7.01. The number of hydrogen-bond acceptors (Lipinski definition) is 2. The van der Waals surface area contributed by atoms with Gasteiger partial charge >= 0.3 is 0 Å². The van der Waals surface area contributed by atoms with Gasteiger partial charge in [0, 0.05) is 11.6 Å². The minimum Gasteiger partial charge on any atom is -0.369 e. The summed E-state index contributed by atoms with van der Waals surface area (Å²) in [7, 11) is 0. The van der Waals surface area contributed by atoms with Gasteiger partial charge in [0.1, 0.15) is 0 Å². The van der Waals surface area contributed by atoms with Crippen LogP contribution in [-0.2, 0) is 11.3 Å². The predicted molar refractivity (Wildman–Crippen MR) is 89.8 cm³/mol. The normalized spacial score (nSPS) is 26.0. The highest BCUT2D eigenvalue weighted by Crippen LogP contribution is 2.37. The maximum atomic E-state index is 6.39. The van der Waals surface area contributed by atoms with Crippen molar-refractivity contribution in [3.05, 3.63) is 34.9 Å². The van der Waals surface area contributed by atoms with E-state index in [2.05, 4.69) is 25.2 Å². The number of likely N-dealkylation sites (N-methyl/N-ethyl adjacent to an activating group) is 1. The largest absolute Gasteiger partial charge is 0.369 e. The van der Waals surface area contributed by atoms with Crippen LogP contribution < -0.4 is 5.32 Å². The fourth-order valence-corrected chi connectivity index (χ4v) is 3.37. The number of hydrogen-bond donors (Lipinski definition) is 1. The van der Waals surface area contributed by atoms with Crippen molar-refractivity contribution in [1.29, 1.82) is 0 Å². The van der Waals surface area contributed by atoms with Gasteiger partial charge in [0.2, 0.25) is 0 Å². The Kier molecular flexibility index (Phi) is 6.53. The molecule has 0 aliphatic heterocycles. The second-order valence-electron chi connectivity index (χ2n) is 6.20. The Balaban J connectivity index is 1.98. The van der Waals surface area contributed by atoms with E-state index >= 15 is 0 Å². The molecule has 0 aromatic heterocycles. The van der Waals surface area contributed by atoms with Crippen LogP contribution in [0.25, 0.3) is 0 Å². The van der Waals surface area contributed by atoms with E-state index in [-0.39, 0.29) is 5.60 Å². The number of nitrogens with one attached hydrogen (secondary N) is 1. The molecule has 0 amide bonds.